The van der Waals surface area contributed by atoms with Crippen LogP contribution in [0.15, 0.2) is 53.6 Å². The van der Waals surface area contributed by atoms with Gasteiger partial charge in [0.1, 0.15) is 11.5 Å². The van der Waals surface area contributed by atoms with Gasteiger partial charge >= 0.3 is 0 Å². The molecule has 0 spiro atoms. The van der Waals surface area contributed by atoms with E-state index >= 15 is 0 Å². The van der Waals surface area contributed by atoms with Crippen molar-refractivity contribution >= 4 is 34.7 Å². The molecule has 0 aliphatic rings. The molecule has 6 heteroatoms. The average Bonchev–Trinajstić information content (AvgIpc) is 2.63. The molecule has 2 aromatic rings. The molecule has 1 amide bonds. The largest absolute Gasteiger partial charge is 0.494 e. The highest BCUT2D eigenvalue weighted by Crippen LogP contribution is 2.13. The van der Waals surface area contributed by atoms with Crippen molar-refractivity contribution in [3.8, 4) is 11.5 Å². The smallest absolute Gasteiger partial charge is 0.277 e. The van der Waals surface area contributed by atoms with Crippen LogP contribution in [0.5, 0.6) is 11.5 Å². The molecule has 0 radical (unpaired) electrons. The van der Waals surface area contributed by atoms with Crippen LogP contribution in [0.25, 0.3) is 0 Å². The third-order valence-electron chi connectivity index (χ3n) is 3.23. The van der Waals surface area contributed by atoms with Crippen LogP contribution in [0.4, 0.5) is 0 Å². The lowest BCUT2D eigenvalue weighted by molar-refractivity contribution is -0.123. The standard InChI is InChI=1S/C19H21IN2O3/c1-2-3-12-24-17-8-4-15(5-9-17)13-21-22-19(23)14-25-18-10-6-16(20)7-11-18/h4-11,13H,2-3,12,14H2,1H3,(H,22,23)/b21-13-. The maximum Gasteiger partial charge on any atom is 0.277 e. The van der Waals surface area contributed by atoms with Gasteiger partial charge in [0.15, 0.2) is 6.61 Å². The predicted octanol–water partition coefficient (Wildman–Crippen LogP) is 4.00. The van der Waals surface area contributed by atoms with Crippen LogP contribution < -0.4 is 14.9 Å². The molecule has 0 bridgehead atoms. The van der Waals surface area contributed by atoms with Gasteiger partial charge in [-0.05, 0) is 83.1 Å². The van der Waals surface area contributed by atoms with E-state index in [1.54, 1.807) is 6.21 Å². The maximum absolute atomic E-state index is 11.7. The number of ether oxygens (including phenoxy) is 2. The minimum atomic E-state index is -0.311. The maximum atomic E-state index is 11.7. The van der Waals surface area contributed by atoms with Gasteiger partial charge < -0.3 is 9.47 Å². The molecule has 0 atom stereocenters. The molecule has 1 N–H and O–H groups in total. The van der Waals surface area contributed by atoms with Gasteiger partial charge in [-0.1, -0.05) is 13.3 Å². The normalized spacial score (nSPS) is 10.6. The molecule has 0 fully saturated rings. The Bertz CT molecular complexity index is 685. The Morgan fingerprint density at radius 1 is 1.08 bits per heavy atom. The van der Waals surface area contributed by atoms with Crippen LogP contribution in [0, 0.1) is 3.57 Å². The summed E-state index contributed by atoms with van der Waals surface area (Å²) in [5.41, 5.74) is 3.32. The molecule has 2 aromatic carbocycles. The van der Waals surface area contributed by atoms with E-state index in [2.05, 4.69) is 40.0 Å². The van der Waals surface area contributed by atoms with Crippen LogP contribution in [-0.2, 0) is 4.79 Å². The SMILES string of the molecule is CCCCOc1ccc(/C=N\NC(=O)COc2ccc(I)cc2)cc1. The first-order valence-electron chi connectivity index (χ1n) is 8.10. The van der Waals surface area contributed by atoms with E-state index in [0.717, 1.165) is 34.3 Å². The fraction of sp³-hybridized carbons (Fsp3) is 0.263. The molecular weight excluding hydrogens is 431 g/mol. The van der Waals surface area contributed by atoms with Gasteiger partial charge in [-0.15, -0.1) is 0 Å². The number of carbonyl (C=O) groups is 1. The van der Waals surface area contributed by atoms with Crippen molar-refractivity contribution in [1.82, 2.24) is 5.43 Å². The summed E-state index contributed by atoms with van der Waals surface area (Å²) in [6.07, 6.45) is 3.73. The van der Waals surface area contributed by atoms with Crippen molar-refractivity contribution < 1.29 is 14.3 Å². The van der Waals surface area contributed by atoms with Gasteiger partial charge in [-0.2, -0.15) is 5.10 Å². The third-order valence-corrected chi connectivity index (χ3v) is 3.95. The molecule has 0 saturated carbocycles. The number of carbonyl (C=O) groups excluding carboxylic acids is 1. The summed E-state index contributed by atoms with van der Waals surface area (Å²) in [6.45, 7) is 2.77. The molecule has 25 heavy (non-hydrogen) atoms. The van der Waals surface area contributed by atoms with E-state index in [4.69, 9.17) is 9.47 Å². The molecule has 5 nitrogen and oxygen atoms in total. The minimum Gasteiger partial charge on any atom is -0.494 e. The van der Waals surface area contributed by atoms with E-state index in [0.29, 0.717) is 5.75 Å². The average molecular weight is 452 g/mol. The molecule has 0 aliphatic heterocycles. The summed E-state index contributed by atoms with van der Waals surface area (Å²) in [5, 5.41) is 3.93. The lowest BCUT2D eigenvalue weighted by Gasteiger charge is -2.05. The number of unbranched alkanes of at least 4 members (excludes halogenated alkanes) is 1. The van der Waals surface area contributed by atoms with Gasteiger partial charge in [0.2, 0.25) is 0 Å². The molecule has 132 valence electrons. The van der Waals surface area contributed by atoms with Crippen molar-refractivity contribution in [2.75, 3.05) is 13.2 Å². The third kappa shape index (κ3) is 7.55. The van der Waals surface area contributed by atoms with Crippen molar-refractivity contribution in [1.29, 1.82) is 0 Å². The summed E-state index contributed by atoms with van der Waals surface area (Å²) in [7, 11) is 0. The van der Waals surface area contributed by atoms with Crippen LogP contribution in [0.2, 0.25) is 0 Å². The number of halogens is 1. The fourth-order valence-electron chi connectivity index (χ4n) is 1.88. The van der Waals surface area contributed by atoms with Gasteiger partial charge in [-0.25, -0.2) is 5.43 Å². The van der Waals surface area contributed by atoms with E-state index in [-0.39, 0.29) is 12.5 Å². The Labute approximate surface area is 161 Å². The predicted molar refractivity (Wildman–Crippen MR) is 107 cm³/mol. The van der Waals surface area contributed by atoms with E-state index < -0.39 is 0 Å². The lowest BCUT2D eigenvalue weighted by atomic mass is 10.2. The van der Waals surface area contributed by atoms with Gasteiger partial charge in [-0.3, -0.25) is 4.79 Å². The highest BCUT2D eigenvalue weighted by Gasteiger charge is 2.01. The number of benzene rings is 2. The number of nitrogens with zero attached hydrogens (tertiary/aromatic N) is 1. The summed E-state index contributed by atoms with van der Waals surface area (Å²) >= 11 is 2.21. The first kappa shape index (κ1) is 19.2. The summed E-state index contributed by atoms with van der Waals surface area (Å²) in [6, 6.07) is 15.0. The minimum absolute atomic E-state index is 0.0812. The Balaban J connectivity index is 1.72. The number of hydrogen-bond acceptors (Lipinski definition) is 4. The summed E-state index contributed by atoms with van der Waals surface area (Å²) < 4.78 is 12.1. The van der Waals surface area contributed by atoms with Gasteiger partial charge in [0.05, 0.1) is 12.8 Å². The lowest BCUT2D eigenvalue weighted by Crippen LogP contribution is -2.24. The van der Waals surface area contributed by atoms with Gasteiger partial charge in [0, 0.05) is 3.57 Å². The molecule has 0 aliphatic carbocycles. The number of hydrazone groups is 1. The van der Waals surface area contributed by atoms with Crippen LogP contribution in [0.3, 0.4) is 0 Å². The highest BCUT2D eigenvalue weighted by atomic mass is 127. The highest BCUT2D eigenvalue weighted by molar-refractivity contribution is 14.1. The second-order valence-corrected chi connectivity index (χ2v) is 6.55. The van der Waals surface area contributed by atoms with Crippen molar-refractivity contribution in [2.45, 2.75) is 19.8 Å². The fourth-order valence-corrected chi connectivity index (χ4v) is 2.23. The second-order valence-electron chi connectivity index (χ2n) is 5.31. The van der Waals surface area contributed by atoms with Gasteiger partial charge in [0.25, 0.3) is 5.91 Å². The zero-order chi connectivity index (χ0) is 17.9. The summed E-state index contributed by atoms with van der Waals surface area (Å²) in [4.78, 5) is 11.7. The first-order chi connectivity index (χ1) is 12.2. The van der Waals surface area contributed by atoms with Crippen LogP contribution >= 0.6 is 22.6 Å². The summed E-state index contributed by atoms with van der Waals surface area (Å²) in [5.74, 6) is 1.17. The molecule has 0 saturated heterocycles. The number of amides is 1. The zero-order valence-corrected chi connectivity index (χ0v) is 16.2. The molecular formula is C19H21IN2O3. The van der Waals surface area contributed by atoms with E-state index in [1.807, 2.05) is 48.5 Å². The molecule has 0 aromatic heterocycles. The van der Waals surface area contributed by atoms with E-state index in [1.165, 1.54) is 0 Å². The van der Waals surface area contributed by atoms with E-state index in [9.17, 15) is 4.79 Å². The molecule has 0 unspecified atom stereocenters. The molecule has 2 rings (SSSR count). The van der Waals surface area contributed by atoms with Crippen molar-refractivity contribution in [2.24, 2.45) is 5.10 Å². The Kier molecular flexibility index (Phi) is 8.24. The molecule has 0 heterocycles. The van der Waals surface area contributed by atoms with Crippen molar-refractivity contribution in [3.63, 3.8) is 0 Å². The second kappa shape index (κ2) is 10.7. The van der Waals surface area contributed by atoms with Crippen LogP contribution in [0.1, 0.15) is 25.3 Å². The Morgan fingerprint density at radius 3 is 2.40 bits per heavy atom. The van der Waals surface area contributed by atoms with Crippen molar-refractivity contribution in [3.05, 3.63) is 57.7 Å². The quantitative estimate of drug-likeness (QED) is 0.271. The van der Waals surface area contributed by atoms with Crippen LogP contribution in [-0.4, -0.2) is 25.3 Å². The number of hydrogen-bond donors (Lipinski definition) is 1. The number of rotatable bonds is 9. The zero-order valence-electron chi connectivity index (χ0n) is 14.1. The first-order valence-corrected chi connectivity index (χ1v) is 9.18. The number of nitrogens with one attached hydrogen (secondary N) is 1. The monoisotopic (exact) mass is 452 g/mol. The topological polar surface area (TPSA) is 59.9 Å². The Hall–Kier alpha value is -2.09. The Morgan fingerprint density at radius 2 is 1.72 bits per heavy atom.